The van der Waals surface area contributed by atoms with Gasteiger partial charge >= 0.3 is 0 Å². The zero-order valence-electron chi connectivity index (χ0n) is 15.1. The maximum absolute atomic E-state index is 12.7. The fourth-order valence-electron chi connectivity index (χ4n) is 3.37. The second-order valence-electron chi connectivity index (χ2n) is 6.78. The molecule has 0 aliphatic carbocycles. The van der Waals surface area contributed by atoms with E-state index >= 15 is 0 Å². The number of hydrogen-bond donors (Lipinski definition) is 1. The monoisotopic (exact) mass is 423 g/mol. The number of ether oxygens (including phenoxy) is 2. The van der Waals surface area contributed by atoms with Gasteiger partial charge in [0.2, 0.25) is 22.6 Å². The first-order valence-corrected chi connectivity index (χ1v) is 10.8. The van der Waals surface area contributed by atoms with E-state index in [4.69, 9.17) is 21.1 Å². The minimum atomic E-state index is -3.54. The smallest absolute Gasteiger partial charge is 0.243 e. The van der Waals surface area contributed by atoms with Gasteiger partial charge < -0.3 is 14.4 Å². The third-order valence-corrected chi connectivity index (χ3v) is 7.15. The highest BCUT2D eigenvalue weighted by atomic mass is 35.5. The van der Waals surface area contributed by atoms with E-state index in [0.29, 0.717) is 54.8 Å². The number of nitrogens with zero attached hydrogens (tertiary/aromatic N) is 1. The number of piperazine rings is 1. The van der Waals surface area contributed by atoms with Crippen LogP contribution in [0.25, 0.3) is 0 Å². The SMILES string of the molecule is O=C(C[NH+]1CCN(S(=O)(=O)c2ccc(Cl)cc2)CC1)c1ccc2c(c1)OCO2. The van der Waals surface area contributed by atoms with E-state index in [1.807, 2.05) is 0 Å². The lowest BCUT2D eigenvalue weighted by Crippen LogP contribution is -3.15. The van der Waals surface area contributed by atoms with Crippen LogP contribution in [0.1, 0.15) is 10.4 Å². The Hall–Kier alpha value is -2.13. The number of carbonyl (C=O) groups excluding carboxylic acids is 1. The number of quaternary nitrogens is 1. The minimum absolute atomic E-state index is 0.00214. The molecule has 0 radical (unpaired) electrons. The highest BCUT2D eigenvalue weighted by molar-refractivity contribution is 7.89. The van der Waals surface area contributed by atoms with Gasteiger partial charge in [0.05, 0.1) is 31.1 Å². The van der Waals surface area contributed by atoms with Crippen LogP contribution in [0.5, 0.6) is 11.5 Å². The van der Waals surface area contributed by atoms with E-state index in [1.54, 1.807) is 30.3 Å². The summed E-state index contributed by atoms with van der Waals surface area (Å²) < 4.78 is 37.5. The summed E-state index contributed by atoms with van der Waals surface area (Å²) in [6.07, 6.45) is 0. The molecule has 0 saturated carbocycles. The molecule has 0 aromatic heterocycles. The van der Waals surface area contributed by atoms with Gasteiger partial charge in [-0.3, -0.25) is 4.79 Å². The van der Waals surface area contributed by atoms with Gasteiger partial charge in [-0.2, -0.15) is 4.31 Å². The van der Waals surface area contributed by atoms with Gasteiger partial charge in [0, 0.05) is 10.6 Å². The summed E-state index contributed by atoms with van der Waals surface area (Å²) in [7, 11) is -3.54. The zero-order chi connectivity index (χ0) is 19.7. The largest absolute Gasteiger partial charge is 0.454 e. The van der Waals surface area contributed by atoms with Gasteiger partial charge in [-0.25, -0.2) is 8.42 Å². The molecule has 2 heterocycles. The van der Waals surface area contributed by atoms with E-state index in [9.17, 15) is 13.2 Å². The van der Waals surface area contributed by atoms with E-state index in [-0.39, 0.29) is 17.5 Å². The molecule has 2 aromatic carbocycles. The topological polar surface area (TPSA) is 77.4 Å². The number of carbonyl (C=O) groups is 1. The highest BCUT2D eigenvalue weighted by Gasteiger charge is 2.31. The lowest BCUT2D eigenvalue weighted by Gasteiger charge is -2.31. The van der Waals surface area contributed by atoms with Crippen molar-refractivity contribution >= 4 is 27.4 Å². The van der Waals surface area contributed by atoms with Gasteiger partial charge in [0.25, 0.3) is 0 Å². The lowest BCUT2D eigenvalue weighted by molar-refractivity contribution is -0.895. The molecule has 1 saturated heterocycles. The van der Waals surface area contributed by atoms with E-state index in [0.717, 1.165) is 4.90 Å². The van der Waals surface area contributed by atoms with Gasteiger partial charge in [-0.15, -0.1) is 0 Å². The summed E-state index contributed by atoms with van der Waals surface area (Å²) in [6, 6.07) is 11.3. The van der Waals surface area contributed by atoms with Crippen LogP contribution >= 0.6 is 11.6 Å². The number of rotatable bonds is 5. The van der Waals surface area contributed by atoms with E-state index in [2.05, 4.69) is 0 Å². The van der Waals surface area contributed by atoms with Crippen molar-refractivity contribution in [2.45, 2.75) is 4.90 Å². The molecule has 28 heavy (non-hydrogen) atoms. The van der Waals surface area contributed by atoms with Crippen LogP contribution < -0.4 is 14.4 Å². The third kappa shape index (κ3) is 3.86. The van der Waals surface area contributed by atoms with Gasteiger partial charge in [0.1, 0.15) is 6.54 Å². The molecule has 0 spiro atoms. The zero-order valence-corrected chi connectivity index (χ0v) is 16.6. The number of benzene rings is 2. The van der Waals surface area contributed by atoms with Crippen molar-refractivity contribution in [2.24, 2.45) is 0 Å². The summed E-state index contributed by atoms with van der Waals surface area (Å²) in [6.45, 7) is 2.37. The summed E-state index contributed by atoms with van der Waals surface area (Å²) in [5.74, 6) is 1.23. The Kier molecular flexibility index (Phi) is 5.29. The average molecular weight is 424 g/mol. The Labute approximate surface area is 168 Å². The van der Waals surface area contributed by atoms with Crippen LogP contribution in [0.3, 0.4) is 0 Å². The maximum Gasteiger partial charge on any atom is 0.243 e. The molecule has 1 N–H and O–H groups in total. The molecule has 0 amide bonds. The van der Waals surface area contributed by atoms with Crippen molar-refractivity contribution in [3.05, 3.63) is 53.1 Å². The Morgan fingerprint density at radius 3 is 2.43 bits per heavy atom. The number of halogens is 1. The van der Waals surface area contributed by atoms with Crippen LogP contribution in [0.15, 0.2) is 47.4 Å². The molecule has 2 aliphatic heterocycles. The summed E-state index contributed by atoms with van der Waals surface area (Å²) >= 11 is 5.84. The lowest BCUT2D eigenvalue weighted by atomic mass is 10.1. The van der Waals surface area contributed by atoms with Crippen molar-refractivity contribution < 1.29 is 27.6 Å². The molecule has 4 rings (SSSR count). The van der Waals surface area contributed by atoms with Crippen LogP contribution in [-0.2, 0) is 10.0 Å². The molecule has 2 aromatic rings. The van der Waals surface area contributed by atoms with Gasteiger partial charge in [-0.05, 0) is 42.5 Å². The second-order valence-corrected chi connectivity index (χ2v) is 9.15. The first-order chi connectivity index (χ1) is 13.4. The van der Waals surface area contributed by atoms with Gasteiger partial charge in [-0.1, -0.05) is 11.6 Å². The van der Waals surface area contributed by atoms with Crippen molar-refractivity contribution in [1.82, 2.24) is 4.31 Å². The third-order valence-electron chi connectivity index (χ3n) is 4.99. The molecule has 0 bridgehead atoms. The summed E-state index contributed by atoms with van der Waals surface area (Å²) in [5.41, 5.74) is 0.577. The van der Waals surface area contributed by atoms with Crippen molar-refractivity contribution in [3.63, 3.8) is 0 Å². The maximum atomic E-state index is 12.7. The number of nitrogens with one attached hydrogen (secondary N) is 1. The standard InChI is InChI=1S/C19H19ClN2O5S/c20-15-2-4-16(5-3-15)28(24,25)22-9-7-21(8-10-22)12-17(23)14-1-6-18-19(11-14)27-13-26-18/h1-6,11H,7-10,12-13H2/p+1. The number of fused-ring (bicyclic) bond motifs is 1. The average Bonchev–Trinajstić information content (AvgIpc) is 3.16. The Balaban J connectivity index is 1.36. The van der Waals surface area contributed by atoms with E-state index in [1.165, 1.54) is 16.4 Å². The molecule has 148 valence electrons. The van der Waals surface area contributed by atoms with Crippen molar-refractivity contribution in [3.8, 4) is 11.5 Å². The van der Waals surface area contributed by atoms with Crippen LogP contribution in [0.4, 0.5) is 0 Å². The Bertz CT molecular complexity index is 986. The molecule has 0 unspecified atom stereocenters. The predicted molar refractivity (Wildman–Crippen MR) is 103 cm³/mol. The predicted octanol–water partition coefficient (Wildman–Crippen LogP) is 0.841. The fraction of sp³-hybridized carbons (Fsp3) is 0.316. The first kappa shape index (κ1) is 19.2. The molecule has 7 nitrogen and oxygen atoms in total. The Morgan fingerprint density at radius 1 is 1.04 bits per heavy atom. The van der Waals surface area contributed by atoms with E-state index < -0.39 is 10.0 Å². The van der Waals surface area contributed by atoms with Crippen molar-refractivity contribution in [2.75, 3.05) is 39.5 Å². The minimum Gasteiger partial charge on any atom is -0.454 e. The second kappa shape index (κ2) is 7.71. The number of ketones is 1. The quantitative estimate of drug-likeness (QED) is 0.721. The molecular formula is C19H20ClN2O5S+. The van der Waals surface area contributed by atoms with Crippen LogP contribution in [-0.4, -0.2) is 58.0 Å². The molecule has 0 atom stereocenters. The summed E-state index contributed by atoms with van der Waals surface area (Å²) in [4.78, 5) is 13.9. The molecule has 9 heteroatoms. The fourth-order valence-corrected chi connectivity index (χ4v) is 4.94. The van der Waals surface area contributed by atoms with Crippen molar-refractivity contribution in [1.29, 1.82) is 0 Å². The molecule has 2 aliphatic rings. The van der Waals surface area contributed by atoms with Crippen LogP contribution in [0, 0.1) is 0 Å². The first-order valence-electron chi connectivity index (χ1n) is 8.95. The normalized spacial score (nSPS) is 17.6. The number of Topliss-reactive ketones (excluding diaryl/α,β-unsaturated/α-hetero) is 1. The summed E-state index contributed by atoms with van der Waals surface area (Å²) in [5, 5.41) is 0.496. The number of sulfonamides is 1. The van der Waals surface area contributed by atoms with Crippen LogP contribution in [0.2, 0.25) is 5.02 Å². The molecular weight excluding hydrogens is 404 g/mol. The molecule has 1 fully saturated rings. The number of hydrogen-bond acceptors (Lipinski definition) is 5. The highest BCUT2D eigenvalue weighted by Crippen LogP contribution is 2.32. The Morgan fingerprint density at radius 2 is 1.71 bits per heavy atom. The van der Waals surface area contributed by atoms with Gasteiger partial charge in [0.15, 0.2) is 11.5 Å².